The Morgan fingerprint density at radius 1 is 0.259 bits per heavy atom. The van der Waals surface area contributed by atoms with Gasteiger partial charge >= 0.3 is 0 Å². The zero-order valence-electron chi connectivity index (χ0n) is 44.8. The summed E-state index contributed by atoms with van der Waals surface area (Å²) < 4.78 is 6.71. The first-order valence-electron chi connectivity index (χ1n) is 27.4. The van der Waals surface area contributed by atoms with E-state index in [1.165, 1.54) is 5.56 Å². The molecular weight excluding hydrogens is 985 g/mol. The van der Waals surface area contributed by atoms with Gasteiger partial charge in [0.15, 0.2) is 11.2 Å². The molecule has 5 heterocycles. The zero-order chi connectivity index (χ0) is 54.2. The van der Waals surface area contributed by atoms with E-state index in [9.17, 15) is 0 Å². The molecule has 0 radical (unpaired) electrons. The van der Waals surface area contributed by atoms with Crippen LogP contribution in [0.4, 0.5) is 0 Å². The first-order valence-corrected chi connectivity index (χ1v) is 27.4. The summed E-state index contributed by atoms with van der Waals surface area (Å²) in [6, 6.07) is 93.6. The second-order valence-corrected chi connectivity index (χ2v) is 20.6. The lowest BCUT2D eigenvalue weighted by molar-refractivity contribution is 0.661. The molecule has 9 aromatic carbocycles. The van der Waals surface area contributed by atoms with Gasteiger partial charge in [-0.1, -0.05) is 200 Å². The van der Waals surface area contributed by atoms with Gasteiger partial charge in [-0.05, 0) is 164 Å². The molecule has 0 amide bonds. The molecule has 0 aliphatic heterocycles. The van der Waals surface area contributed by atoms with E-state index in [-0.39, 0.29) is 0 Å². The predicted octanol–water partition coefficient (Wildman–Crippen LogP) is 20.1. The quantitative estimate of drug-likeness (QED) is 0.129. The van der Waals surface area contributed by atoms with E-state index >= 15 is 0 Å². The van der Waals surface area contributed by atoms with E-state index < -0.39 is 0 Å². The molecule has 0 saturated heterocycles. The molecule has 0 bridgehead atoms. The van der Waals surface area contributed by atoms with Crippen LogP contribution in [0.15, 0.2) is 284 Å². The van der Waals surface area contributed by atoms with Crippen LogP contribution in [0.1, 0.15) is 11.4 Å². The molecule has 14 aromatic rings. The van der Waals surface area contributed by atoms with Gasteiger partial charge in [-0.25, -0.2) is 0 Å². The lowest BCUT2D eigenvalue weighted by Crippen LogP contribution is -1.94. The van der Waals surface area contributed by atoms with Crippen LogP contribution in [0.3, 0.4) is 0 Å². The summed E-state index contributed by atoms with van der Waals surface area (Å²) in [7, 11) is 0. The summed E-state index contributed by atoms with van der Waals surface area (Å²) in [4.78, 5) is 19.1. The van der Waals surface area contributed by atoms with E-state index in [2.05, 4.69) is 247 Å². The van der Waals surface area contributed by atoms with Gasteiger partial charge in [0.2, 0.25) is 0 Å². The van der Waals surface area contributed by atoms with Crippen molar-refractivity contribution >= 4 is 21.9 Å². The summed E-state index contributed by atoms with van der Waals surface area (Å²) >= 11 is 0. The highest BCUT2D eigenvalue weighted by atomic mass is 16.3. The van der Waals surface area contributed by atoms with Crippen LogP contribution in [-0.4, -0.2) is 19.9 Å². The van der Waals surface area contributed by atoms with E-state index in [0.29, 0.717) is 0 Å². The molecule has 5 heteroatoms. The third kappa shape index (κ3) is 9.37. The fourth-order valence-electron chi connectivity index (χ4n) is 11.6. The van der Waals surface area contributed by atoms with E-state index in [4.69, 9.17) is 14.4 Å². The summed E-state index contributed by atoms with van der Waals surface area (Å²) in [6.45, 7) is 4.04. The highest BCUT2D eigenvalue weighted by Gasteiger charge is 2.21. The maximum atomic E-state index is 6.71. The smallest absolute Gasteiger partial charge is 0.161 e. The molecule has 14 rings (SSSR count). The Balaban J connectivity index is 0.955. The molecule has 0 aliphatic carbocycles. The second-order valence-electron chi connectivity index (χ2n) is 20.6. The highest BCUT2D eigenvalue weighted by Crippen LogP contribution is 2.46. The molecule has 0 aliphatic rings. The number of aryl methyl sites for hydroxylation is 2. The van der Waals surface area contributed by atoms with Gasteiger partial charge in [-0.2, -0.15) is 0 Å². The fraction of sp³-hybridized carbons (Fsp3) is 0.0263. The molecule has 0 N–H and O–H groups in total. The normalized spacial score (nSPS) is 11.3. The number of rotatable bonds is 11. The lowest BCUT2D eigenvalue weighted by Gasteiger charge is -2.19. The number of aromatic nitrogens is 4. The number of pyridine rings is 4. The van der Waals surface area contributed by atoms with Crippen LogP contribution in [-0.2, 0) is 0 Å². The fourth-order valence-corrected chi connectivity index (χ4v) is 11.6. The largest absolute Gasteiger partial charge is 0.452 e. The first kappa shape index (κ1) is 48.7. The van der Waals surface area contributed by atoms with Gasteiger partial charge in [-0.15, -0.1) is 0 Å². The Bertz CT molecular complexity index is 4460. The summed E-state index contributed by atoms with van der Waals surface area (Å²) in [5.74, 6) is 0. The topological polar surface area (TPSA) is 64.7 Å². The van der Waals surface area contributed by atoms with Crippen molar-refractivity contribution in [3.63, 3.8) is 0 Å². The molecule has 382 valence electrons. The van der Waals surface area contributed by atoms with Crippen molar-refractivity contribution in [1.29, 1.82) is 0 Å². The van der Waals surface area contributed by atoms with Gasteiger partial charge < -0.3 is 4.42 Å². The maximum absolute atomic E-state index is 6.71. The van der Waals surface area contributed by atoms with E-state index in [1.807, 2.05) is 56.7 Å². The third-order valence-electron chi connectivity index (χ3n) is 15.5. The van der Waals surface area contributed by atoms with Gasteiger partial charge in [0.1, 0.15) is 5.69 Å². The monoisotopic (exact) mass is 1040 g/mol. The summed E-state index contributed by atoms with van der Waals surface area (Å²) in [5, 5.41) is 2.07. The maximum Gasteiger partial charge on any atom is 0.161 e. The van der Waals surface area contributed by atoms with E-state index in [0.717, 1.165) is 151 Å². The second kappa shape index (κ2) is 21.0. The zero-order valence-corrected chi connectivity index (χ0v) is 44.8. The van der Waals surface area contributed by atoms with Crippen molar-refractivity contribution in [3.8, 4) is 123 Å². The molecular formula is C76H52N4O. The number of nitrogens with zero attached hydrogens (tertiary/aromatic N) is 4. The predicted molar refractivity (Wildman–Crippen MR) is 334 cm³/mol. The Hall–Kier alpha value is -10.6. The molecule has 0 atom stereocenters. The van der Waals surface area contributed by atoms with Crippen LogP contribution in [0.2, 0.25) is 0 Å². The van der Waals surface area contributed by atoms with Crippen LogP contribution < -0.4 is 0 Å². The van der Waals surface area contributed by atoms with Crippen molar-refractivity contribution in [2.45, 2.75) is 13.8 Å². The van der Waals surface area contributed by atoms with Crippen LogP contribution in [0, 0.1) is 13.8 Å². The van der Waals surface area contributed by atoms with Crippen LogP contribution in [0.25, 0.3) is 145 Å². The van der Waals surface area contributed by atoms with Crippen LogP contribution >= 0.6 is 0 Å². The minimum absolute atomic E-state index is 0.750. The Labute approximate surface area is 471 Å². The SMILES string of the molecule is Cc1cc2c(oc3c(-c4ccc(-c5ccccc5-c5cc(-c6ccccc6-c6ccc(-c7ccccn7)cc6)cc(-c6ccccc6-c6ccc(-c7ccccn7)cc6)c5)c(-c5ccc(-c6ccccc6)cc5)c4)nccc32)c(C)n1. The Morgan fingerprint density at radius 3 is 1.21 bits per heavy atom. The van der Waals surface area contributed by atoms with E-state index in [1.54, 1.807) is 0 Å². The van der Waals surface area contributed by atoms with Gasteiger partial charge in [0.25, 0.3) is 0 Å². The number of hydrogen-bond donors (Lipinski definition) is 0. The van der Waals surface area contributed by atoms with Gasteiger partial charge in [-0.3, -0.25) is 19.9 Å². The standard InChI is InChI=1S/C76H52N4O/c1-49-44-71-69-40-43-79-74(76(69)81-75(71)50(2)80-49)58-38-39-68(70(48-58)55-28-26-52(27-29-55)51-16-4-3-5-17-51)67-23-11-10-22-66(67)61-46-59(64-20-8-6-18-62(64)53-30-34-56(35-31-53)72-24-12-14-41-77-72)45-60(47-61)65-21-9-7-19-63(65)54-32-36-57(37-33-54)73-25-13-15-42-78-73/h3-48H,1-2H3. The number of fused-ring (bicyclic) bond motifs is 3. The van der Waals surface area contributed by atoms with Gasteiger partial charge in [0, 0.05) is 51.7 Å². The Kier molecular flexibility index (Phi) is 12.6. The molecule has 0 fully saturated rings. The summed E-state index contributed by atoms with van der Waals surface area (Å²) in [6.07, 6.45) is 5.58. The van der Waals surface area contributed by atoms with Crippen molar-refractivity contribution < 1.29 is 4.42 Å². The van der Waals surface area contributed by atoms with Crippen molar-refractivity contribution in [2.75, 3.05) is 0 Å². The average Bonchev–Trinajstić information content (AvgIpc) is 4.11. The first-order chi connectivity index (χ1) is 40.0. The number of hydrogen-bond acceptors (Lipinski definition) is 5. The number of benzene rings is 9. The van der Waals surface area contributed by atoms with Crippen molar-refractivity contribution in [3.05, 3.63) is 291 Å². The molecule has 0 spiro atoms. The van der Waals surface area contributed by atoms with Crippen LogP contribution in [0.5, 0.6) is 0 Å². The molecule has 5 aromatic heterocycles. The Morgan fingerprint density at radius 2 is 0.679 bits per heavy atom. The molecule has 81 heavy (non-hydrogen) atoms. The molecule has 5 nitrogen and oxygen atoms in total. The minimum atomic E-state index is 0.750. The minimum Gasteiger partial charge on any atom is -0.452 e. The number of furan rings is 1. The highest BCUT2D eigenvalue weighted by molar-refractivity contribution is 6.10. The van der Waals surface area contributed by atoms with Crippen molar-refractivity contribution in [1.82, 2.24) is 19.9 Å². The molecule has 0 saturated carbocycles. The van der Waals surface area contributed by atoms with Gasteiger partial charge in [0.05, 0.1) is 17.1 Å². The third-order valence-corrected chi connectivity index (χ3v) is 15.5. The summed E-state index contributed by atoms with van der Waals surface area (Å²) in [5.41, 5.74) is 27.1. The average molecular weight is 1040 g/mol. The lowest BCUT2D eigenvalue weighted by atomic mass is 9.84. The molecule has 0 unspecified atom stereocenters. The van der Waals surface area contributed by atoms with Crippen molar-refractivity contribution in [2.24, 2.45) is 0 Å².